The molecular weight excluding hydrogens is 735 g/mol. The maximum absolute atomic E-state index is 5.60. The van der Waals surface area contributed by atoms with E-state index in [0.29, 0.717) is 17.7 Å². The van der Waals surface area contributed by atoms with E-state index in [0.717, 1.165) is 38.9 Å². The van der Waals surface area contributed by atoms with E-state index < -0.39 is 11.0 Å². The third-order valence-electron chi connectivity index (χ3n) is 14.8. The minimum atomic E-state index is -0.562. The molecule has 6 aromatic carbocycles. The van der Waals surface area contributed by atoms with Crippen LogP contribution in [-0.4, -0.2) is 52.5 Å². The van der Waals surface area contributed by atoms with Gasteiger partial charge in [-0.25, -0.2) is 4.99 Å². The van der Waals surface area contributed by atoms with Gasteiger partial charge in [0, 0.05) is 16.3 Å². The Hall–Kier alpha value is -6.60. The number of hydrogen-bond acceptors (Lipinski definition) is 6. The maximum atomic E-state index is 5.60. The van der Waals surface area contributed by atoms with Crippen LogP contribution >= 0.6 is 0 Å². The molecule has 1 fully saturated rings. The Bertz CT molecular complexity index is 2970. The van der Waals surface area contributed by atoms with Crippen molar-refractivity contribution in [1.82, 2.24) is 24.4 Å². The molecule has 296 valence electrons. The number of benzene rings is 6. The molecule has 0 radical (unpaired) electrons. The average Bonchev–Trinajstić information content (AvgIpc) is 3.86. The fourth-order valence-electron chi connectivity index (χ4n) is 10.7. The lowest BCUT2D eigenvalue weighted by atomic mass is 9.67. The highest BCUT2D eigenvalue weighted by Gasteiger charge is 2.66. The fourth-order valence-corrected chi connectivity index (χ4v) is 10.7. The molecule has 1 aliphatic carbocycles. The van der Waals surface area contributed by atoms with Crippen LogP contribution in [0.4, 0.5) is 5.95 Å². The van der Waals surface area contributed by atoms with Gasteiger partial charge < -0.3 is 4.90 Å². The number of para-hydroxylation sites is 2. The van der Waals surface area contributed by atoms with Crippen molar-refractivity contribution in [2.45, 2.75) is 83.0 Å². The van der Waals surface area contributed by atoms with E-state index in [4.69, 9.17) is 19.9 Å². The molecule has 2 aliphatic heterocycles. The van der Waals surface area contributed by atoms with Gasteiger partial charge in [0.1, 0.15) is 0 Å². The van der Waals surface area contributed by atoms with E-state index in [1.54, 1.807) is 0 Å². The van der Waals surface area contributed by atoms with Gasteiger partial charge >= 0.3 is 0 Å². The minimum absolute atomic E-state index is 0.272. The Balaban J connectivity index is 1.24. The number of rotatable bonds is 5. The first kappa shape index (κ1) is 36.5. The summed E-state index contributed by atoms with van der Waals surface area (Å²) in [4.78, 5) is 27.0. The second-order valence-corrected chi connectivity index (χ2v) is 18.7. The molecule has 0 N–H and O–H groups in total. The normalized spacial score (nSPS) is 18.7. The Kier molecular flexibility index (Phi) is 7.43. The van der Waals surface area contributed by atoms with Crippen LogP contribution in [0.5, 0.6) is 0 Å². The first-order valence-corrected chi connectivity index (χ1v) is 21.1. The lowest BCUT2D eigenvalue weighted by Gasteiger charge is -2.50. The summed E-state index contributed by atoms with van der Waals surface area (Å²) in [5.41, 5.74) is 8.24. The van der Waals surface area contributed by atoms with Crippen molar-refractivity contribution in [2.75, 3.05) is 4.90 Å². The molecule has 8 aromatic rings. The summed E-state index contributed by atoms with van der Waals surface area (Å²) >= 11 is 0. The van der Waals surface area contributed by atoms with Crippen molar-refractivity contribution in [3.63, 3.8) is 0 Å². The maximum Gasteiger partial charge on any atom is 0.240 e. The Morgan fingerprint density at radius 2 is 0.950 bits per heavy atom. The summed E-state index contributed by atoms with van der Waals surface area (Å²) in [6.45, 7) is 18.3. The van der Waals surface area contributed by atoms with Gasteiger partial charge in [-0.1, -0.05) is 140 Å². The highest BCUT2D eigenvalue weighted by molar-refractivity contribution is 6.09. The molecule has 0 atom stereocenters. The van der Waals surface area contributed by atoms with Crippen LogP contribution in [0.3, 0.4) is 0 Å². The molecule has 11 rings (SSSR count). The first-order valence-electron chi connectivity index (χ1n) is 21.1. The molecule has 7 nitrogen and oxygen atoms in total. The number of guanidine groups is 1. The molecule has 0 unspecified atom stereocenters. The van der Waals surface area contributed by atoms with Crippen LogP contribution in [0.2, 0.25) is 0 Å². The lowest BCUT2D eigenvalue weighted by molar-refractivity contribution is 0.0527. The number of nitrogens with zero attached hydrogens (tertiary/aromatic N) is 7. The standard InChI is InChI=1S/C53H49N7/c1-49(2)50(3,4)60-48(57-49)59(51(5,6)52(60,7)8)47-55-45(54-46(56-47)58-42-32-19-16-26-36(42)37-27-17-20-33-43(37)58)39-29-21-31-41-44(39)38-28-15-18-30-40(38)53(41,34-22-11-9-12-23-34)35-24-13-10-14-25-35/h9-33H,1-8H3. The van der Waals surface area contributed by atoms with Crippen LogP contribution in [0, 0.1) is 0 Å². The summed E-state index contributed by atoms with van der Waals surface area (Å²) in [5, 5.41) is 2.30. The van der Waals surface area contributed by atoms with Crippen LogP contribution in [0.1, 0.15) is 77.6 Å². The van der Waals surface area contributed by atoms with E-state index in [9.17, 15) is 0 Å². The topological polar surface area (TPSA) is 62.4 Å². The van der Waals surface area contributed by atoms with Crippen molar-refractivity contribution < 1.29 is 0 Å². The van der Waals surface area contributed by atoms with Crippen LogP contribution in [0.15, 0.2) is 157 Å². The van der Waals surface area contributed by atoms with Crippen LogP contribution in [0.25, 0.3) is 50.3 Å². The van der Waals surface area contributed by atoms with E-state index in [1.165, 1.54) is 27.8 Å². The van der Waals surface area contributed by atoms with Gasteiger partial charge in [0.25, 0.3) is 0 Å². The highest BCUT2D eigenvalue weighted by atomic mass is 15.6. The molecule has 3 aliphatic rings. The summed E-state index contributed by atoms with van der Waals surface area (Å²) in [7, 11) is 0. The third-order valence-corrected chi connectivity index (χ3v) is 14.8. The van der Waals surface area contributed by atoms with Crippen molar-refractivity contribution in [3.05, 3.63) is 174 Å². The zero-order valence-electron chi connectivity index (χ0n) is 35.6. The van der Waals surface area contributed by atoms with Crippen molar-refractivity contribution in [3.8, 4) is 28.5 Å². The van der Waals surface area contributed by atoms with Gasteiger partial charge in [-0.05, 0) is 101 Å². The SMILES string of the molecule is CC1(C)N=C2N(c3nc(-c4cccc5c4-c4ccccc4C5(c4ccccc4)c4ccccc4)nc(-n4c5ccccc5c5ccccc54)n3)C(C)(C)C(C)(C)N2C1(C)C. The first-order chi connectivity index (χ1) is 28.8. The Labute approximate surface area is 352 Å². The molecule has 0 bridgehead atoms. The van der Waals surface area contributed by atoms with Gasteiger partial charge in [0.15, 0.2) is 5.82 Å². The molecule has 0 saturated carbocycles. The monoisotopic (exact) mass is 783 g/mol. The molecule has 7 heteroatoms. The molecular formula is C53H49N7. The smallest absolute Gasteiger partial charge is 0.240 e. The van der Waals surface area contributed by atoms with E-state index >= 15 is 0 Å². The highest BCUT2D eigenvalue weighted by Crippen LogP contribution is 2.58. The van der Waals surface area contributed by atoms with Crippen LogP contribution < -0.4 is 4.90 Å². The molecule has 4 heterocycles. The fraction of sp³-hybridized carbons (Fsp3) is 0.245. The van der Waals surface area contributed by atoms with Gasteiger partial charge in [-0.2, -0.15) is 15.0 Å². The second-order valence-electron chi connectivity index (χ2n) is 18.7. The van der Waals surface area contributed by atoms with E-state index in [-0.39, 0.29) is 16.6 Å². The second kappa shape index (κ2) is 12.2. The zero-order chi connectivity index (χ0) is 41.4. The predicted molar refractivity (Wildman–Crippen MR) is 245 cm³/mol. The summed E-state index contributed by atoms with van der Waals surface area (Å²) in [6, 6.07) is 54.5. The lowest BCUT2D eigenvalue weighted by Crippen LogP contribution is -2.63. The quantitative estimate of drug-likeness (QED) is 0.174. The number of fused-ring (bicyclic) bond motifs is 7. The average molecular weight is 784 g/mol. The summed E-state index contributed by atoms with van der Waals surface area (Å²) in [6.07, 6.45) is 0. The number of hydrogen-bond donors (Lipinski definition) is 0. The predicted octanol–water partition coefficient (Wildman–Crippen LogP) is 11.6. The molecule has 0 amide bonds. The third kappa shape index (κ3) is 4.55. The van der Waals surface area contributed by atoms with Crippen molar-refractivity contribution in [2.24, 2.45) is 4.99 Å². The van der Waals surface area contributed by atoms with Gasteiger partial charge in [-0.3, -0.25) is 9.47 Å². The number of anilines is 1. The van der Waals surface area contributed by atoms with E-state index in [1.807, 2.05) is 0 Å². The Morgan fingerprint density at radius 3 is 1.58 bits per heavy atom. The largest absolute Gasteiger partial charge is 0.327 e. The molecule has 60 heavy (non-hydrogen) atoms. The van der Waals surface area contributed by atoms with Gasteiger partial charge in [-0.15, -0.1) is 0 Å². The summed E-state index contributed by atoms with van der Waals surface area (Å²) < 4.78 is 2.21. The zero-order valence-corrected chi connectivity index (χ0v) is 35.6. The Morgan fingerprint density at radius 1 is 0.433 bits per heavy atom. The minimum Gasteiger partial charge on any atom is -0.327 e. The van der Waals surface area contributed by atoms with Crippen LogP contribution in [-0.2, 0) is 5.41 Å². The number of aliphatic imine (C=N–C) groups is 1. The van der Waals surface area contributed by atoms with Gasteiger partial charge in [0.05, 0.1) is 38.6 Å². The van der Waals surface area contributed by atoms with E-state index in [2.05, 4.69) is 221 Å². The number of aromatic nitrogens is 4. The van der Waals surface area contributed by atoms with Crippen molar-refractivity contribution in [1.29, 1.82) is 0 Å². The van der Waals surface area contributed by atoms with Gasteiger partial charge in [0.2, 0.25) is 17.9 Å². The molecule has 2 aromatic heterocycles. The molecule has 0 spiro atoms. The molecule has 1 saturated heterocycles. The summed E-state index contributed by atoms with van der Waals surface area (Å²) in [5.74, 6) is 2.65. The van der Waals surface area contributed by atoms with Crippen molar-refractivity contribution >= 4 is 33.7 Å².